The van der Waals surface area contributed by atoms with E-state index in [0.717, 1.165) is 44.5 Å². The van der Waals surface area contributed by atoms with Gasteiger partial charge in [-0.15, -0.1) is 0 Å². The van der Waals surface area contributed by atoms with Gasteiger partial charge in [0.1, 0.15) is 6.10 Å². The molecule has 0 bridgehead atoms. The Bertz CT molecular complexity index is 600. The Morgan fingerprint density at radius 3 is 2.88 bits per heavy atom. The van der Waals surface area contributed by atoms with Crippen LogP contribution in [-0.2, 0) is 11.3 Å². The fourth-order valence-corrected chi connectivity index (χ4v) is 3.74. The molecule has 1 atom stereocenters. The second kappa shape index (κ2) is 8.71. The van der Waals surface area contributed by atoms with Gasteiger partial charge in [-0.25, -0.2) is 9.78 Å². The molecule has 144 valence electrons. The summed E-state index contributed by atoms with van der Waals surface area (Å²) in [6.45, 7) is 6.42. The molecule has 1 aliphatic heterocycles. The SMILES string of the molecule is CC1(C)CCCCC1NC(=O)NCc1ccnc(OC2CCOCC2)c1. The van der Waals surface area contributed by atoms with Gasteiger partial charge in [0.05, 0.1) is 13.2 Å². The summed E-state index contributed by atoms with van der Waals surface area (Å²) in [6.07, 6.45) is 8.33. The minimum atomic E-state index is -0.103. The molecule has 2 N–H and O–H groups in total. The monoisotopic (exact) mass is 361 g/mol. The average molecular weight is 361 g/mol. The van der Waals surface area contributed by atoms with Crippen molar-refractivity contribution in [1.29, 1.82) is 0 Å². The van der Waals surface area contributed by atoms with E-state index in [2.05, 4.69) is 29.5 Å². The van der Waals surface area contributed by atoms with Gasteiger partial charge in [-0.05, 0) is 29.9 Å². The third-order valence-electron chi connectivity index (χ3n) is 5.52. The molecule has 6 heteroatoms. The quantitative estimate of drug-likeness (QED) is 0.843. The summed E-state index contributed by atoms with van der Waals surface area (Å²) in [5.74, 6) is 0.616. The summed E-state index contributed by atoms with van der Waals surface area (Å²) in [7, 11) is 0. The van der Waals surface area contributed by atoms with Crippen molar-refractivity contribution < 1.29 is 14.3 Å². The molecule has 2 amide bonds. The molecule has 1 aromatic rings. The first-order valence-corrected chi connectivity index (χ1v) is 9.77. The standard InChI is InChI=1S/C20H31N3O3/c1-20(2)9-4-3-5-17(20)23-19(24)22-14-15-6-10-21-18(13-15)26-16-7-11-25-12-8-16/h6,10,13,16-17H,3-5,7-9,11-12,14H2,1-2H3,(H2,22,23,24). The molecule has 1 aromatic heterocycles. The van der Waals surface area contributed by atoms with Gasteiger partial charge in [0.15, 0.2) is 0 Å². The molecule has 2 heterocycles. The highest BCUT2D eigenvalue weighted by Gasteiger charge is 2.33. The van der Waals surface area contributed by atoms with Gasteiger partial charge in [-0.1, -0.05) is 26.7 Å². The van der Waals surface area contributed by atoms with Crippen molar-refractivity contribution in [1.82, 2.24) is 15.6 Å². The molecule has 1 aliphatic carbocycles. The van der Waals surface area contributed by atoms with Crippen LogP contribution in [0.4, 0.5) is 4.79 Å². The maximum atomic E-state index is 12.3. The molecule has 6 nitrogen and oxygen atoms in total. The van der Waals surface area contributed by atoms with E-state index in [0.29, 0.717) is 12.4 Å². The highest BCUT2D eigenvalue weighted by Crippen LogP contribution is 2.35. The van der Waals surface area contributed by atoms with Gasteiger partial charge in [0.2, 0.25) is 5.88 Å². The highest BCUT2D eigenvalue weighted by molar-refractivity contribution is 5.74. The average Bonchev–Trinajstić information content (AvgIpc) is 2.63. The molecule has 26 heavy (non-hydrogen) atoms. The van der Waals surface area contributed by atoms with Crippen molar-refractivity contribution in [2.24, 2.45) is 5.41 Å². The maximum Gasteiger partial charge on any atom is 0.315 e. The lowest BCUT2D eigenvalue weighted by Crippen LogP contribution is -2.50. The van der Waals surface area contributed by atoms with Crippen LogP contribution < -0.4 is 15.4 Å². The van der Waals surface area contributed by atoms with Crippen molar-refractivity contribution in [3.05, 3.63) is 23.9 Å². The van der Waals surface area contributed by atoms with Gasteiger partial charge in [-0.2, -0.15) is 0 Å². The number of pyridine rings is 1. The van der Waals surface area contributed by atoms with Crippen molar-refractivity contribution in [2.75, 3.05) is 13.2 Å². The second-order valence-corrected chi connectivity index (χ2v) is 8.05. The second-order valence-electron chi connectivity index (χ2n) is 8.05. The Balaban J connectivity index is 1.48. The maximum absolute atomic E-state index is 12.3. The zero-order valence-electron chi connectivity index (χ0n) is 15.9. The lowest BCUT2D eigenvalue weighted by atomic mass is 9.73. The lowest BCUT2D eigenvalue weighted by Gasteiger charge is -2.38. The van der Waals surface area contributed by atoms with Gasteiger partial charge in [0, 0.05) is 37.7 Å². The number of hydrogen-bond acceptors (Lipinski definition) is 4. The Hall–Kier alpha value is -1.82. The summed E-state index contributed by atoms with van der Waals surface area (Å²) in [5, 5.41) is 6.11. The van der Waals surface area contributed by atoms with Gasteiger partial charge < -0.3 is 20.1 Å². The van der Waals surface area contributed by atoms with Crippen LogP contribution in [0.3, 0.4) is 0 Å². The molecule has 0 aromatic carbocycles. The van der Waals surface area contributed by atoms with Crippen molar-refractivity contribution >= 4 is 6.03 Å². The van der Waals surface area contributed by atoms with Crippen molar-refractivity contribution in [3.63, 3.8) is 0 Å². The summed E-state index contributed by atoms with van der Waals surface area (Å²) in [4.78, 5) is 16.6. The van der Waals surface area contributed by atoms with Gasteiger partial charge in [0.25, 0.3) is 0 Å². The molecule has 2 fully saturated rings. The first-order valence-electron chi connectivity index (χ1n) is 9.77. The van der Waals surface area contributed by atoms with E-state index in [1.165, 1.54) is 12.8 Å². The number of amides is 2. The van der Waals surface area contributed by atoms with E-state index in [9.17, 15) is 4.79 Å². The molecule has 3 rings (SSSR count). The molecule has 1 saturated carbocycles. The van der Waals surface area contributed by atoms with Crippen LogP contribution in [0.5, 0.6) is 5.88 Å². The van der Waals surface area contributed by atoms with Crippen LogP contribution in [0.1, 0.15) is 57.9 Å². The van der Waals surface area contributed by atoms with Crippen LogP contribution in [-0.4, -0.2) is 36.4 Å². The minimum absolute atomic E-state index is 0.103. The predicted molar refractivity (Wildman–Crippen MR) is 100 cm³/mol. The third kappa shape index (κ3) is 5.34. The van der Waals surface area contributed by atoms with Crippen LogP contribution in [0.2, 0.25) is 0 Å². The summed E-state index contributed by atoms with van der Waals surface area (Å²) in [6, 6.07) is 3.94. The van der Waals surface area contributed by atoms with Gasteiger partial charge in [-0.3, -0.25) is 0 Å². The molecule has 2 aliphatic rings. The summed E-state index contributed by atoms with van der Waals surface area (Å²) < 4.78 is 11.3. The van der Waals surface area contributed by atoms with E-state index < -0.39 is 0 Å². The molecular weight excluding hydrogens is 330 g/mol. The summed E-state index contributed by atoms with van der Waals surface area (Å²) in [5.41, 5.74) is 1.15. The Morgan fingerprint density at radius 2 is 2.12 bits per heavy atom. The first kappa shape index (κ1) is 19.0. The first-order chi connectivity index (χ1) is 12.5. The molecular formula is C20H31N3O3. The fourth-order valence-electron chi connectivity index (χ4n) is 3.74. The van der Waals surface area contributed by atoms with Crippen LogP contribution in [0.25, 0.3) is 0 Å². The zero-order chi connectivity index (χ0) is 18.4. The van der Waals surface area contributed by atoms with E-state index in [1.807, 2.05) is 12.1 Å². The summed E-state index contributed by atoms with van der Waals surface area (Å²) >= 11 is 0. The fraction of sp³-hybridized carbons (Fsp3) is 0.700. The predicted octanol–water partition coefficient (Wildman–Crippen LogP) is 3.41. The number of ether oxygens (including phenoxy) is 2. The zero-order valence-corrected chi connectivity index (χ0v) is 15.9. The normalized spacial score (nSPS) is 23.2. The Labute approximate surface area is 156 Å². The van der Waals surface area contributed by atoms with Gasteiger partial charge >= 0.3 is 6.03 Å². The number of carbonyl (C=O) groups excluding carboxylic acids is 1. The topological polar surface area (TPSA) is 72.5 Å². The number of nitrogens with one attached hydrogen (secondary N) is 2. The lowest BCUT2D eigenvalue weighted by molar-refractivity contribution is 0.0237. The smallest absolute Gasteiger partial charge is 0.315 e. The van der Waals surface area contributed by atoms with Crippen LogP contribution in [0, 0.1) is 5.41 Å². The molecule has 1 saturated heterocycles. The molecule has 0 radical (unpaired) electrons. The number of rotatable bonds is 5. The van der Waals surface area contributed by atoms with Crippen LogP contribution in [0.15, 0.2) is 18.3 Å². The molecule has 0 spiro atoms. The Morgan fingerprint density at radius 1 is 1.31 bits per heavy atom. The molecule has 1 unspecified atom stereocenters. The number of aromatic nitrogens is 1. The Kier molecular flexibility index (Phi) is 6.35. The van der Waals surface area contributed by atoms with E-state index in [4.69, 9.17) is 9.47 Å². The number of nitrogens with zero attached hydrogens (tertiary/aromatic N) is 1. The largest absolute Gasteiger partial charge is 0.474 e. The third-order valence-corrected chi connectivity index (χ3v) is 5.52. The highest BCUT2D eigenvalue weighted by atomic mass is 16.5. The van der Waals surface area contributed by atoms with E-state index in [-0.39, 0.29) is 23.6 Å². The minimum Gasteiger partial charge on any atom is -0.474 e. The van der Waals surface area contributed by atoms with E-state index >= 15 is 0 Å². The number of carbonyl (C=O) groups is 1. The number of hydrogen-bond donors (Lipinski definition) is 2. The van der Waals surface area contributed by atoms with Crippen molar-refractivity contribution in [3.8, 4) is 5.88 Å². The number of urea groups is 1. The van der Waals surface area contributed by atoms with Crippen molar-refractivity contribution in [2.45, 2.75) is 71.1 Å². The van der Waals surface area contributed by atoms with E-state index in [1.54, 1.807) is 6.20 Å². The van der Waals surface area contributed by atoms with Crippen LogP contribution >= 0.6 is 0 Å².